The van der Waals surface area contributed by atoms with Crippen molar-refractivity contribution in [3.8, 4) is 0 Å². The average molecular weight is 493 g/mol. The molecule has 5 rings (SSSR count). The Kier molecular flexibility index (Phi) is 5.71. The van der Waals surface area contributed by atoms with E-state index in [2.05, 4.69) is 15.4 Å². The Morgan fingerprint density at radius 2 is 1.97 bits per heavy atom. The van der Waals surface area contributed by atoms with Crippen molar-refractivity contribution in [2.75, 3.05) is 0 Å². The number of nitrogens with zero attached hydrogens (tertiary/aromatic N) is 4. The lowest BCUT2D eigenvalue weighted by Gasteiger charge is -2.33. The van der Waals surface area contributed by atoms with E-state index in [0.717, 1.165) is 6.42 Å². The number of primary amides is 1. The minimum atomic E-state index is -4.27. The summed E-state index contributed by atoms with van der Waals surface area (Å²) in [6.07, 6.45) is -0.635. The molecule has 9 nitrogen and oxygen atoms in total. The number of amides is 3. The van der Waals surface area contributed by atoms with Gasteiger partial charge in [0.25, 0.3) is 5.91 Å². The molecule has 35 heavy (non-hydrogen) atoms. The molecule has 3 aliphatic rings. The van der Waals surface area contributed by atoms with Crippen molar-refractivity contribution in [2.24, 2.45) is 17.6 Å². The third-order valence-corrected chi connectivity index (χ3v) is 7.47. The summed E-state index contributed by atoms with van der Waals surface area (Å²) < 4.78 is 40.9. The van der Waals surface area contributed by atoms with Gasteiger partial charge in [-0.15, -0.1) is 0 Å². The first-order valence-corrected chi connectivity index (χ1v) is 11.8. The van der Waals surface area contributed by atoms with E-state index < -0.39 is 36.0 Å². The second kappa shape index (κ2) is 8.49. The number of hydrogen-bond acceptors (Lipinski definition) is 5. The molecule has 2 aromatic heterocycles. The first kappa shape index (κ1) is 23.6. The molecule has 0 aromatic carbocycles. The Balaban J connectivity index is 1.31. The van der Waals surface area contributed by atoms with Crippen LogP contribution in [0.1, 0.15) is 54.7 Å². The van der Waals surface area contributed by atoms with Gasteiger partial charge in [0.2, 0.25) is 11.8 Å². The topological polar surface area (TPSA) is 123 Å². The van der Waals surface area contributed by atoms with Crippen LogP contribution in [-0.4, -0.2) is 61.7 Å². The molecular formula is C23H27F3N6O3. The van der Waals surface area contributed by atoms with Crippen molar-refractivity contribution in [3.63, 3.8) is 0 Å². The summed E-state index contributed by atoms with van der Waals surface area (Å²) in [6, 6.07) is 0.324. The minimum Gasteiger partial charge on any atom is -0.364 e. The molecule has 1 unspecified atom stereocenters. The lowest BCUT2D eigenvalue weighted by Crippen LogP contribution is -2.52. The van der Waals surface area contributed by atoms with Crippen molar-refractivity contribution >= 4 is 28.6 Å². The average Bonchev–Trinajstić information content (AvgIpc) is 3.30. The Morgan fingerprint density at radius 1 is 1.20 bits per heavy atom. The number of hydrogen-bond donors (Lipinski definition) is 2. The van der Waals surface area contributed by atoms with Crippen LogP contribution in [0.2, 0.25) is 0 Å². The number of piperidine rings is 1. The molecule has 3 heterocycles. The maximum absolute atomic E-state index is 13.3. The molecule has 3 N–H and O–H groups in total. The number of carbonyl (C=O) groups excluding carboxylic acids is 3. The summed E-state index contributed by atoms with van der Waals surface area (Å²) in [5.74, 6) is -2.67. The molecule has 1 aliphatic heterocycles. The molecule has 0 spiro atoms. The van der Waals surface area contributed by atoms with Crippen molar-refractivity contribution in [1.29, 1.82) is 0 Å². The summed E-state index contributed by atoms with van der Waals surface area (Å²) in [6.45, 7) is 1.55. The van der Waals surface area contributed by atoms with E-state index >= 15 is 0 Å². The van der Waals surface area contributed by atoms with E-state index in [1.807, 2.05) is 0 Å². The monoisotopic (exact) mass is 492 g/mol. The summed E-state index contributed by atoms with van der Waals surface area (Å²) in [7, 11) is 0. The number of nitrogens with two attached hydrogens (primary N) is 1. The zero-order valence-electron chi connectivity index (χ0n) is 19.2. The van der Waals surface area contributed by atoms with E-state index in [4.69, 9.17) is 5.73 Å². The van der Waals surface area contributed by atoms with Gasteiger partial charge in [-0.3, -0.25) is 24.0 Å². The number of nitrogens with one attached hydrogen (secondary N) is 1. The van der Waals surface area contributed by atoms with Crippen molar-refractivity contribution in [3.05, 3.63) is 23.7 Å². The van der Waals surface area contributed by atoms with Crippen LogP contribution in [0.3, 0.4) is 0 Å². The van der Waals surface area contributed by atoms with Gasteiger partial charge in [-0.05, 0) is 51.0 Å². The summed E-state index contributed by atoms with van der Waals surface area (Å²) in [4.78, 5) is 44.0. The van der Waals surface area contributed by atoms with Crippen LogP contribution in [0.25, 0.3) is 10.9 Å². The molecule has 2 aromatic rings. The lowest BCUT2D eigenvalue weighted by molar-refractivity contribution is -0.184. The maximum atomic E-state index is 13.3. The van der Waals surface area contributed by atoms with Crippen LogP contribution in [0.15, 0.2) is 12.3 Å². The van der Waals surface area contributed by atoms with Crippen LogP contribution in [0.4, 0.5) is 13.2 Å². The predicted octanol–water partition coefficient (Wildman–Crippen LogP) is 2.07. The van der Waals surface area contributed by atoms with Gasteiger partial charge >= 0.3 is 6.18 Å². The van der Waals surface area contributed by atoms with Gasteiger partial charge in [-0.25, -0.2) is 0 Å². The Morgan fingerprint density at radius 3 is 2.69 bits per heavy atom. The van der Waals surface area contributed by atoms with Crippen LogP contribution in [0, 0.1) is 18.8 Å². The molecule has 12 heteroatoms. The summed E-state index contributed by atoms with van der Waals surface area (Å²) >= 11 is 0. The number of aryl methyl sites for hydroxylation is 1. The largest absolute Gasteiger partial charge is 0.391 e. The fraction of sp³-hybridized carbons (Fsp3) is 0.609. The van der Waals surface area contributed by atoms with Gasteiger partial charge in [-0.2, -0.15) is 18.3 Å². The Labute approximate surface area is 199 Å². The summed E-state index contributed by atoms with van der Waals surface area (Å²) in [5, 5.41) is 7.50. The second-order valence-corrected chi connectivity index (χ2v) is 9.94. The van der Waals surface area contributed by atoms with Gasteiger partial charge in [0, 0.05) is 23.2 Å². The highest BCUT2D eigenvalue weighted by Gasteiger charge is 2.56. The van der Waals surface area contributed by atoms with Gasteiger partial charge < -0.3 is 16.0 Å². The number of halogens is 3. The molecule has 1 saturated heterocycles. The van der Waals surface area contributed by atoms with Crippen molar-refractivity contribution in [2.45, 2.75) is 76.3 Å². The Hall–Kier alpha value is -3.18. The number of carbonyl (C=O) groups is 3. The maximum Gasteiger partial charge on any atom is 0.391 e. The Bertz CT molecular complexity index is 1200. The van der Waals surface area contributed by atoms with E-state index in [1.165, 1.54) is 10.9 Å². The third kappa shape index (κ3) is 4.45. The predicted molar refractivity (Wildman–Crippen MR) is 118 cm³/mol. The van der Waals surface area contributed by atoms with Gasteiger partial charge in [0.1, 0.15) is 12.6 Å². The van der Waals surface area contributed by atoms with Crippen molar-refractivity contribution in [1.82, 2.24) is 25.0 Å². The normalized spacial score (nSPS) is 28.1. The molecule has 188 valence electrons. The summed E-state index contributed by atoms with van der Waals surface area (Å²) in [5.41, 5.74) is 6.64. The molecule has 3 fully saturated rings. The lowest BCUT2D eigenvalue weighted by atomic mass is 9.85. The number of alkyl halides is 3. The second-order valence-electron chi connectivity index (χ2n) is 9.94. The molecule has 0 bridgehead atoms. The molecule has 2 aliphatic carbocycles. The number of pyridine rings is 1. The molecule has 5 atom stereocenters. The van der Waals surface area contributed by atoms with Crippen LogP contribution in [-0.2, 0) is 16.1 Å². The zero-order valence-corrected chi connectivity index (χ0v) is 19.2. The van der Waals surface area contributed by atoms with Gasteiger partial charge in [-0.1, -0.05) is 6.42 Å². The fourth-order valence-corrected chi connectivity index (χ4v) is 5.65. The quantitative estimate of drug-likeness (QED) is 0.662. The van der Waals surface area contributed by atoms with Gasteiger partial charge in [0.05, 0.1) is 17.6 Å². The first-order chi connectivity index (χ1) is 16.5. The van der Waals surface area contributed by atoms with Crippen molar-refractivity contribution < 1.29 is 27.6 Å². The highest BCUT2D eigenvalue weighted by molar-refractivity contribution is 6.04. The molecular weight excluding hydrogens is 465 g/mol. The number of rotatable bonds is 5. The zero-order chi connectivity index (χ0) is 25.1. The van der Waals surface area contributed by atoms with E-state index in [1.54, 1.807) is 17.9 Å². The van der Waals surface area contributed by atoms with E-state index in [-0.39, 0.29) is 42.9 Å². The first-order valence-electron chi connectivity index (χ1n) is 11.8. The van der Waals surface area contributed by atoms with Crippen LogP contribution < -0.4 is 11.1 Å². The van der Waals surface area contributed by atoms with E-state index in [9.17, 15) is 27.6 Å². The number of aromatic nitrogens is 3. The van der Waals surface area contributed by atoms with E-state index in [0.29, 0.717) is 35.9 Å². The fourth-order valence-electron chi connectivity index (χ4n) is 5.65. The smallest absolute Gasteiger partial charge is 0.364 e. The third-order valence-electron chi connectivity index (χ3n) is 7.47. The molecule has 2 saturated carbocycles. The molecule has 0 radical (unpaired) electrons. The van der Waals surface area contributed by atoms with Crippen LogP contribution in [0.5, 0.6) is 0 Å². The highest BCUT2D eigenvalue weighted by atomic mass is 19.4. The minimum absolute atomic E-state index is 0.0369. The number of fused-ring (bicyclic) bond motifs is 2. The van der Waals surface area contributed by atoms with Gasteiger partial charge in [0.15, 0.2) is 5.69 Å². The number of likely N-dealkylation sites (tertiary alicyclic amines) is 1. The SMILES string of the molecule is Cc1cc2c(C(N)=O)nn(CC(=O)N3[C@@H]4C[C@@H]4C[C@H]3C(=O)NC3CCC[C@H](C(F)(F)F)C3)c2cn1. The van der Waals surface area contributed by atoms with Crippen LogP contribution >= 0.6 is 0 Å². The molecule has 3 amide bonds. The standard InChI is InChI=1S/C23H27F3N6O3/c1-11-5-15-18(9-28-11)31(30-20(15)21(27)34)10-19(33)32-16-6-12(16)7-17(32)22(35)29-14-4-2-3-13(8-14)23(24,25)26/h5,9,12-14,16-17H,2-4,6-8,10H2,1H3,(H2,27,34)(H,29,35)/t12-,13+,14?,16-,17+/m1/s1. The highest BCUT2D eigenvalue weighted by Crippen LogP contribution is 2.48.